The number of carbonyl (C=O) groups excluding carboxylic acids is 2. The fourth-order valence-corrected chi connectivity index (χ4v) is 5.33. The normalized spacial score (nSPS) is 18.9. The number of piperidine rings is 1. The van der Waals surface area contributed by atoms with E-state index >= 15 is 0 Å². The van der Waals surface area contributed by atoms with Gasteiger partial charge in [-0.25, -0.2) is 4.98 Å². The van der Waals surface area contributed by atoms with E-state index in [0.717, 1.165) is 12.0 Å². The van der Waals surface area contributed by atoms with Gasteiger partial charge in [-0.15, -0.1) is 0 Å². The van der Waals surface area contributed by atoms with E-state index in [1.807, 2.05) is 24.8 Å². The van der Waals surface area contributed by atoms with Gasteiger partial charge >= 0.3 is 0 Å². The standard InChI is InChI=1S/C22H25N5O3S2/c1-3-8-26-21(30)16(32-22(26)31)11-15-19(25-9-6-14(7-10-25)18(23)28)24-17-5-4-13(2)12-27(17)20(15)29/h4-5,11-12,14H,3,6-10H2,1-2H3,(H2,23,28)/b16-11+. The van der Waals surface area contributed by atoms with Crippen LogP contribution in [-0.4, -0.2) is 50.1 Å². The molecule has 168 valence electrons. The van der Waals surface area contributed by atoms with Crippen LogP contribution in [0, 0.1) is 12.8 Å². The van der Waals surface area contributed by atoms with Gasteiger partial charge in [0.1, 0.15) is 15.8 Å². The number of fused-ring (bicyclic) bond motifs is 1. The Kier molecular flexibility index (Phi) is 6.34. The maximum Gasteiger partial charge on any atom is 0.267 e. The molecule has 0 aromatic carbocycles. The molecule has 2 N–H and O–H groups in total. The lowest BCUT2D eigenvalue weighted by Crippen LogP contribution is -2.40. The minimum Gasteiger partial charge on any atom is -0.369 e. The molecule has 4 heterocycles. The van der Waals surface area contributed by atoms with E-state index < -0.39 is 0 Å². The summed E-state index contributed by atoms with van der Waals surface area (Å²) in [6.07, 6.45) is 5.35. The molecule has 10 heteroatoms. The van der Waals surface area contributed by atoms with Crippen molar-refractivity contribution in [3.05, 3.63) is 44.7 Å². The van der Waals surface area contributed by atoms with Gasteiger partial charge < -0.3 is 10.6 Å². The zero-order chi connectivity index (χ0) is 23.0. The number of nitrogens with two attached hydrogens (primary N) is 1. The van der Waals surface area contributed by atoms with Gasteiger partial charge in [0.2, 0.25) is 5.91 Å². The van der Waals surface area contributed by atoms with E-state index in [-0.39, 0.29) is 23.3 Å². The molecule has 8 nitrogen and oxygen atoms in total. The van der Waals surface area contributed by atoms with Crippen LogP contribution in [-0.2, 0) is 9.59 Å². The highest BCUT2D eigenvalue weighted by Crippen LogP contribution is 2.34. The van der Waals surface area contributed by atoms with E-state index in [0.29, 0.717) is 58.7 Å². The fraction of sp³-hybridized carbons (Fsp3) is 0.409. The minimum atomic E-state index is -0.300. The quantitative estimate of drug-likeness (QED) is 0.527. The number of hydrogen-bond donors (Lipinski definition) is 1. The van der Waals surface area contributed by atoms with Crippen molar-refractivity contribution in [2.45, 2.75) is 33.1 Å². The second-order valence-corrected chi connectivity index (χ2v) is 9.76. The molecule has 2 fully saturated rings. The molecule has 0 unspecified atom stereocenters. The van der Waals surface area contributed by atoms with E-state index in [2.05, 4.69) is 0 Å². The summed E-state index contributed by atoms with van der Waals surface area (Å²) in [7, 11) is 0. The maximum atomic E-state index is 13.5. The van der Waals surface area contributed by atoms with Crippen molar-refractivity contribution in [2.24, 2.45) is 11.7 Å². The van der Waals surface area contributed by atoms with Crippen LogP contribution < -0.4 is 16.2 Å². The topological polar surface area (TPSA) is 101 Å². The van der Waals surface area contributed by atoms with E-state index in [4.69, 9.17) is 22.9 Å². The van der Waals surface area contributed by atoms with E-state index in [1.165, 1.54) is 16.2 Å². The van der Waals surface area contributed by atoms with Crippen LogP contribution in [0.25, 0.3) is 11.7 Å². The number of hydrogen-bond acceptors (Lipinski definition) is 7. The van der Waals surface area contributed by atoms with E-state index in [9.17, 15) is 14.4 Å². The van der Waals surface area contributed by atoms with Crippen LogP contribution in [0.2, 0.25) is 0 Å². The van der Waals surface area contributed by atoms with Gasteiger partial charge in [-0.2, -0.15) is 0 Å². The summed E-state index contributed by atoms with van der Waals surface area (Å²) < 4.78 is 2.00. The number of anilines is 1. The fourth-order valence-electron chi connectivity index (χ4n) is 4.04. The van der Waals surface area contributed by atoms with Gasteiger partial charge in [0.25, 0.3) is 11.5 Å². The highest BCUT2D eigenvalue weighted by molar-refractivity contribution is 8.26. The molecule has 0 atom stereocenters. The lowest BCUT2D eigenvalue weighted by atomic mass is 9.96. The number of primary amides is 1. The Morgan fingerprint density at radius 3 is 2.69 bits per heavy atom. The van der Waals surface area contributed by atoms with Crippen molar-refractivity contribution >= 4 is 57.7 Å². The number of rotatable bonds is 5. The Bertz CT molecular complexity index is 1200. The average Bonchev–Trinajstić information content (AvgIpc) is 3.03. The van der Waals surface area contributed by atoms with Gasteiger partial charge in [0.05, 0.1) is 10.5 Å². The van der Waals surface area contributed by atoms with Crippen molar-refractivity contribution in [3.8, 4) is 0 Å². The zero-order valence-electron chi connectivity index (χ0n) is 18.0. The van der Waals surface area contributed by atoms with Crippen LogP contribution in [0.1, 0.15) is 37.3 Å². The van der Waals surface area contributed by atoms with Gasteiger partial charge in [-0.1, -0.05) is 37.0 Å². The van der Waals surface area contributed by atoms with E-state index in [1.54, 1.807) is 23.2 Å². The second-order valence-electron chi connectivity index (χ2n) is 8.09. The van der Waals surface area contributed by atoms with Gasteiger partial charge in [-0.3, -0.25) is 23.7 Å². The molecule has 0 bridgehead atoms. The summed E-state index contributed by atoms with van der Waals surface area (Å²) in [4.78, 5) is 46.7. The van der Waals surface area contributed by atoms with Gasteiger partial charge in [0, 0.05) is 31.7 Å². The third-order valence-corrected chi connectivity index (χ3v) is 7.16. The predicted molar refractivity (Wildman–Crippen MR) is 131 cm³/mol. The lowest BCUT2D eigenvalue weighted by molar-refractivity contribution is -0.123. The average molecular weight is 472 g/mol. The lowest BCUT2D eigenvalue weighted by Gasteiger charge is -2.32. The molecule has 2 aromatic rings. The van der Waals surface area contributed by atoms with Crippen LogP contribution in [0.5, 0.6) is 0 Å². The summed E-state index contributed by atoms with van der Waals surface area (Å²) in [5, 5.41) is 0. The first-order chi connectivity index (χ1) is 15.3. The second kappa shape index (κ2) is 9.03. The molecule has 0 radical (unpaired) electrons. The predicted octanol–water partition coefficient (Wildman–Crippen LogP) is 2.32. The van der Waals surface area contributed by atoms with Crippen molar-refractivity contribution in [1.82, 2.24) is 14.3 Å². The highest BCUT2D eigenvalue weighted by atomic mass is 32.2. The molecule has 0 spiro atoms. The Labute approximate surface area is 195 Å². The number of aryl methyl sites for hydroxylation is 1. The zero-order valence-corrected chi connectivity index (χ0v) is 19.7. The van der Waals surface area contributed by atoms with Crippen LogP contribution in [0.15, 0.2) is 28.0 Å². The summed E-state index contributed by atoms with van der Waals surface area (Å²) in [6.45, 7) is 5.55. The molecular formula is C22H25N5O3S2. The number of pyridine rings is 1. The van der Waals surface area contributed by atoms with Crippen molar-refractivity contribution in [1.29, 1.82) is 0 Å². The number of aromatic nitrogens is 2. The summed E-state index contributed by atoms with van der Waals surface area (Å²) in [5.41, 5.74) is 7.04. The van der Waals surface area contributed by atoms with Gasteiger partial charge in [-0.05, 0) is 43.9 Å². The molecule has 2 aliphatic rings. The largest absolute Gasteiger partial charge is 0.369 e. The van der Waals surface area contributed by atoms with Crippen LogP contribution >= 0.6 is 24.0 Å². The van der Waals surface area contributed by atoms with Crippen LogP contribution in [0.4, 0.5) is 5.82 Å². The SMILES string of the molecule is CCCN1C(=O)/C(=C\c2c(N3CCC(C(N)=O)CC3)nc3ccc(C)cn3c2=O)SC1=S. The third kappa shape index (κ3) is 4.16. The molecule has 32 heavy (non-hydrogen) atoms. The van der Waals surface area contributed by atoms with Crippen molar-refractivity contribution in [3.63, 3.8) is 0 Å². The first kappa shape index (κ1) is 22.5. The first-order valence-corrected chi connectivity index (χ1v) is 11.8. The number of amides is 2. The molecular weight excluding hydrogens is 446 g/mol. The molecule has 2 aromatic heterocycles. The first-order valence-electron chi connectivity index (χ1n) is 10.6. The van der Waals surface area contributed by atoms with Crippen LogP contribution in [0.3, 0.4) is 0 Å². The van der Waals surface area contributed by atoms with Crippen molar-refractivity contribution < 1.29 is 9.59 Å². The third-order valence-electron chi connectivity index (χ3n) is 5.78. The number of thioether (sulfide) groups is 1. The smallest absolute Gasteiger partial charge is 0.267 e. The molecule has 0 saturated carbocycles. The number of nitrogens with zero attached hydrogens (tertiary/aromatic N) is 4. The minimum absolute atomic E-state index is 0.177. The summed E-state index contributed by atoms with van der Waals surface area (Å²) in [5.74, 6) is -0.146. The summed E-state index contributed by atoms with van der Waals surface area (Å²) >= 11 is 6.58. The number of thiocarbonyl (C=S) groups is 1. The summed E-state index contributed by atoms with van der Waals surface area (Å²) in [6, 6.07) is 3.71. The Hall–Kier alpha value is -2.72. The maximum absolute atomic E-state index is 13.5. The Morgan fingerprint density at radius 2 is 2.03 bits per heavy atom. The molecule has 4 rings (SSSR count). The van der Waals surface area contributed by atoms with Gasteiger partial charge in [0.15, 0.2) is 0 Å². The monoisotopic (exact) mass is 471 g/mol. The van der Waals surface area contributed by atoms with Crippen molar-refractivity contribution in [2.75, 3.05) is 24.5 Å². The Morgan fingerprint density at radius 1 is 1.31 bits per heavy atom. The Balaban J connectivity index is 1.81. The molecule has 2 amide bonds. The molecule has 2 saturated heterocycles. The number of carbonyl (C=O) groups is 2. The molecule has 0 aliphatic carbocycles. The molecule has 2 aliphatic heterocycles. The highest BCUT2D eigenvalue weighted by Gasteiger charge is 2.33.